The molecule has 10 aromatic rings. The lowest BCUT2D eigenvalue weighted by Crippen LogP contribution is -2.25. The van der Waals surface area contributed by atoms with Gasteiger partial charge in [0.15, 0.2) is 0 Å². The van der Waals surface area contributed by atoms with Crippen LogP contribution in [-0.4, -0.2) is 15.2 Å². The quantitative estimate of drug-likeness (QED) is 0.173. The van der Waals surface area contributed by atoms with Gasteiger partial charge in [0.1, 0.15) is 11.9 Å². The average Bonchev–Trinajstić information content (AvgIpc) is 3.94. The zero-order chi connectivity index (χ0) is 37.5. The Labute approximate surface area is 330 Å². The molecule has 0 amide bonds. The number of benzene rings is 8. The van der Waals surface area contributed by atoms with E-state index >= 15 is 0 Å². The van der Waals surface area contributed by atoms with Crippen LogP contribution in [0.15, 0.2) is 206 Å². The molecule has 3 heterocycles. The Hall–Kier alpha value is -7.36. The maximum absolute atomic E-state index is 6.89. The van der Waals surface area contributed by atoms with Gasteiger partial charge in [0, 0.05) is 38.7 Å². The van der Waals surface area contributed by atoms with Gasteiger partial charge >= 0.3 is 0 Å². The van der Waals surface area contributed by atoms with Crippen molar-refractivity contribution in [1.29, 1.82) is 0 Å². The SMILES string of the molecule is C1=C(c2cccc(-c3ccccc3)c2)C=C(n2c3ccccc3c3cc(-c4ccc5c(c4)c4ccccc4n5-c4ccccc4)ccc32)C2Oc3ccccc3C12. The smallest absolute Gasteiger partial charge is 0.149 e. The lowest BCUT2D eigenvalue weighted by molar-refractivity contribution is 0.273. The summed E-state index contributed by atoms with van der Waals surface area (Å²) in [6.07, 6.45) is 4.63. The number of aromatic nitrogens is 2. The summed E-state index contributed by atoms with van der Waals surface area (Å²) in [5, 5.41) is 4.96. The van der Waals surface area contributed by atoms with Crippen molar-refractivity contribution in [3.05, 3.63) is 217 Å². The van der Waals surface area contributed by atoms with Gasteiger partial charge in [0.2, 0.25) is 0 Å². The van der Waals surface area contributed by atoms with Crippen molar-refractivity contribution in [3.63, 3.8) is 0 Å². The predicted molar refractivity (Wildman–Crippen MR) is 237 cm³/mol. The Morgan fingerprint density at radius 1 is 0.386 bits per heavy atom. The summed E-state index contributed by atoms with van der Waals surface area (Å²) in [6, 6.07) is 70.3. The number of hydrogen-bond acceptors (Lipinski definition) is 1. The summed E-state index contributed by atoms with van der Waals surface area (Å²) in [5.74, 6) is 1.04. The molecule has 57 heavy (non-hydrogen) atoms. The van der Waals surface area contributed by atoms with Crippen molar-refractivity contribution in [3.8, 4) is 33.7 Å². The maximum Gasteiger partial charge on any atom is 0.149 e. The van der Waals surface area contributed by atoms with Crippen LogP contribution in [0.5, 0.6) is 5.75 Å². The number of ether oxygens (including phenoxy) is 1. The molecule has 8 aromatic carbocycles. The standard InChI is InChI=1S/C54H36N2O/c1-3-14-35(15-4-1)36-16-13-17-37(30-36)40-33-47-44-22-9-12-25-53(44)57-54(47)52(34-40)56-49-24-11-8-21-43(49)46-32-39(27-29-51(46)56)38-26-28-50-45(31-38)42-20-7-10-23-48(42)55(50)41-18-5-2-6-19-41/h1-34,47,54H. The van der Waals surface area contributed by atoms with E-state index in [1.165, 1.54) is 88.3 Å². The van der Waals surface area contributed by atoms with Crippen molar-refractivity contribution in [2.45, 2.75) is 12.0 Å². The molecule has 0 radical (unpaired) electrons. The Morgan fingerprint density at radius 2 is 0.930 bits per heavy atom. The summed E-state index contributed by atoms with van der Waals surface area (Å²) in [6.45, 7) is 0. The van der Waals surface area contributed by atoms with Crippen molar-refractivity contribution < 1.29 is 4.74 Å². The van der Waals surface area contributed by atoms with Gasteiger partial charge in [-0.15, -0.1) is 0 Å². The summed E-state index contributed by atoms with van der Waals surface area (Å²) in [5.41, 5.74) is 15.5. The molecular formula is C54H36N2O. The van der Waals surface area contributed by atoms with Gasteiger partial charge in [-0.1, -0.05) is 140 Å². The topological polar surface area (TPSA) is 19.1 Å². The lowest BCUT2D eigenvalue weighted by Gasteiger charge is -2.27. The number of rotatable bonds is 5. The molecule has 3 heteroatoms. The summed E-state index contributed by atoms with van der Waals surface area (Å²) >= 11 is 0. The van der Waals surface area contributed by atoms with E-state index < -0.39 is 0 Å². The molecule has 2 unspecified atom stereocenters. The molecule has 2 atom stereocenters. The molecule has 12 rings (SSSR count). The highest BCUT2D eigenvalue weighted by molar-refractivity contribution is 6.13. The van der Waals surface area contributed by atoms with Gasteiger partial charge in [0.05, 0.1) is 27.8 Å². The predicted octanol–water partition coefficient (Wildman–Crippen LogP) is 13.7. The number of para-hydroxylation sites is 4. The van der Waals surface area contributed by atoms with Crippen LogP contribution in [0, 0.1) is 0 Å². The summed E-state index contributed by atoms with van der Waals surface area (Å²) < 4.78 is 11.7. The van der Waals surface area contributed by atoms with Crippen LogP contribution < -0.4 is 4.74 Å². The second-order valence-electron chi connectivity index (χ2n) is 15.2. The Balaban J connectivity index is 1.03. The van der Waals surface area contributed by atoms with E-state index in [0.717, 1.165) is 11.4 Å². The fourth-order valence-electron chi connectivity index (χ4n) is 9.46. The van der Waals surface area contributed by atoms with Crippen LogP contribution in [0.3, 0.4) is 0 Å². The van der Waals surface area contributed by atoms with E-state index in [0.29, 0.717) is 0 Å². The molecule has 0 fully saturated rings. The van der Waals surface area contributed by atoms with Crippen LogP contribution in [0.2, 0.25) is 0 Å². The van der Waals surface area contributed by atoms with Crippen molar-refractivity contribution in [2.24, 2.45) is 0 Å². The molecule has 0 saturated carbocycles. The van der Waals surface area contributed by atoms with Gasteiger partial charge in [-0.3, -0.25) is 0 Å². The van der Waals surface area contributed by atoms with E-state index in [1.807, 2.05) is 0 Å². The number of nitrogens with zero attached hydrogens (tertiary/aromatic N) is 2. The highest BCUT2D eigenvalue weighted by Crippen LogP contribution is 2.49. The normalized spacial score (nSPS) is 16.1. The van der Waals surface area contributed by atoms with Crippen LogP contribution in [0.1, 0.15) is 17.0 Å². The largest absolute Gasteiger partial charge is 0.483 e. The van der Waals surface area contributed by atoms with Gasteiger partial charge in [-0.05, 0) is 100 Å². The third-order valence-corrected chi connectivity index (χ3v) is 12.1. The van der Waals surface area contributed by atoms with Gasteiger partial charge in [-0.2, -0.15) is 0 Å². The van der Waals surface area contributed by atoms with Crippen LogP contribution in [0.25, 0.3) is 82.8 Å². The minimum atomic E-state index is -0.161. The fraction of sp³-hybridized carbons (Fsp3) is 0.0370. The maximum atomic E-state index is 6.89. The molecule has 2 aliphatic rings. The third kappa shape index (κ3) is 4.99. The van der Waals surface area contributed by atoms with E-state index in [2.05, 4.69) is 215 Å². The van der Waals surface area contributed by atoms with Gasteiger partial charge in [-0.25, -0.2) is 0 Å². The second-order valence-corrected chi connectivity index (χ2v) is 15.2. The zero-order valence-corrected chi connectivity index (χ0v) is 31.1. The number of fused-ring (bicyclic) bond motifs is 9. The highest BCUT2D eigenvalue weighted by atomic mass is 16.5. The van der Waals surface area contributed by atoms with Crippen molar-refractivity contribution >= 4 is 54.9 Å². The van der Waals surface area contributed by atoms with Gasteiger partial charge in [0.25, 0.3) is 0 Å². The molecule has 1 aliphatic heterocycles. The van der Waals surface area contributed by atoms with Crippen LogP contribution in [0.4, 0.5) is 0 Å². The molecular weight excluding hydrogens is 693 g/mol. The molecule has 0 saturated heterocycles. The third-order valence-electron chi connectivity index (χ3n) is 12.1. The minimum absolute atomic E-state index is 0.0804. The first-order valence-corrected chi connectivity index (χ1v) is 19.7. The first-order chi connectivity index (χ1) is 28.3. The molecule has 0 spiro atoms. The number of allylic oxidation sites excluding steroid dienone is 2. The minimum Gasteiger partial charge on any atom is -0.483 e. The number of hydrogen-bond donors (Lipinski definition) is 0. The van der Waals surface area contributed by atoms with Crippen molar-refractivity contribution in [1.82, 2.24) is 9.13 Å². The molecule has 2 aromatic heterocycles. The fourth-order valence-corrected chi connectivity index (χ4v) is 9.46. The monoisotopic (exact) mass is 728 g/mol. The first kappa shape index (κ1) is 31.9. The van der Waals surface area contributed by atoms with E-state index in [1.54, 1.807) is 0 Å². The summed E-state index contributed by atoms with van der Waals surface area (Å²) in [7, 11) is 0. The molecule has 0 N–H and O–H groups in total. The average molecular weight is 729 g/mol. The van der Waals surface area contributed by atoms with Crippen LogP contribution >= 0.6 is 0 Å². The van der Waals surface area contributed by atoms with Crippen LogP contribution in [-0.2, 0) is 0 Å². The summed E-state index contributed by atoms with van der Waals surface area (Å²) in [4.78, 5) is 0. The Morgan fingerprint density at radius 3 is 1.67 bits per heavy atom. The second kappa shape index (κ2) is 12.6. The lowest BCUT2D eigenvalue weighted by atomic mass is 9.84. The molecule has 3 nitrogen and oxygen atoms in total. The zero-order valence-electron chi connectivity index (χ0n) is 31.1. The van der Waals surface area contributed by atoms with Gasteiger partial charge < -0.3 is 13.9 Å². The van der Waals surface area contributed by atoms with E-state index in [-0.39, 0.29) is 12.0 Å². The van der Waals surface area contributed by atoms with E-state index in [9.17, 15) is 0 Å². The Kier molecular flexibility index (Phi) is 7.05. The molecule has 1 aliphatic carbocycles. The molecule has 268 valence electrons. The highest BCUT2D eigenvalue weighted by Gasteiger charge is 2.39. The molecule has 0 bridgehead atoms. The first-order valence-electron chi connectivity index (χ1n) is 19.7. The van der Waals surface area contributed by atoms with Crippen molar-refractivity contribution in [2.75, 3.05) is 0 Å². The Bertz CT molecular complexity index is 3270. The van der Waals surface area contributed by atoms with E-state index in [4.69, 9.17) is 4.74 Å².